The van der Waals surface area contributed by atoms with Crippen molar-refractivity contribution in [1.29, 1.82) is 0 Å². The molecule has 7 rings (SSSR count). The third-order valence-electron chi connectivity index (χ3n) is 7.81. The third-order valence-corrected chi connectivity index (χ3v) is 7.81. The molecule has 0 atom stereocenters. The number of aryl methyl sites for hydroxylation is 1. The first-order valence-corrected chi connectivity index (χ1v) is 13.7. The van der Waals surface area contributed by atoms with E-state index in [1.165, 1.54) is 18.2 Å². The molecule has 10 heteroatoms. The molecule has 6 aromatic rings. The number of hydrogen-bond donors (Lipinski definition) is 2. The van der Waals surface area contributed by atoms with E-state index in [1.807, 2.05) is 61.8 Å². The Morgan fingerprint density at radius 3 is 2.51 bits per heavy atom. The van der Waals surface area contributed by atoms with Crippen LogP contribution in [0.3, 0.4) is 0 Å². The van der Waals surface area contributed by atoms with Crippen molar-refractivity contribution in [3.63, 3.8) is 0 Å². The Kier molecular flexibility index (Phi) is 6.33. The summed E-state index contributed by atoms with van der Waals surface area (Å²) in [6.07, 6.45) is 8.02. The van der Waals surface area contributed by atoms with Crippen molar-refractivity contribution >= 4 is 22.7 Å². The Hall–Kier alpha value is -4.80. The van der Waals surface area contributed by atoms with Crippen molar-refractivity contribution in [3.8, 4) is 11.5 Å². The lowest BCUT2D eigenvalue weighted by molar-refractivity contribution is -0.0265. The van der Waals surface area contributed by atoms with Crippen LogP contribution >= 0.6 is 0 Å². The first kappa shape index (κ1) is 25.2. The molecule has 1 aliphatic heterocycles. The number of aliphatic hydroxyl groups is 1. The SMILES string of the molecule is Cc1cc(Nc2ncnn3ccc(C4(O)CCN(Cc5ccccc5)CC4)c23)ccc1Oc1ccn2ncnc2c1. The van der Waals surface area contributed by atoms with Gasteiger partial charge in [-0.15, -0.1) is 0 Å². The number of ether oxygens (including phenoxy) is 1. The molecule has 0 bridgehead atoms. The van der Waals surface area contributed by atoms with E-state index in [9.17, 15) is 5.11 Å². The van der Waals surface area contributed by atoms with Gasteiger partial charge in [-0.3, -0.25) is 4.90 Å². The first-order valence-electron chi connectivity index (χ1n) is 13.7. The number of nitrogens with zero attached hydrogens (tertiary/aromatic N) is 7. The molecule has 2 aromatic carbocycles. The number of anilines is 2. The maximum absolute atomic E-state index is 11.8. The van der Waals surface area contributed by atoms with Crippen LogP contribution in [0.15, 0.2) is 91.8 Å². The molecule has 0 unspecified atom stereocenters. The lowest BCUT2D eigenvalue weighted by Gasteiger charge is -2.38. The van der Waals surface area contributed by atoms with Gasteiger partial charge in [0.25, 0.3) is 0 Å². The van der Waals surface area contributed by atoms with Crippen molar-refractivity contribution < 1.29 is 9.84 Å². The molecule has 5 heterocycles. The molecule has 0 aliphatic carbocycles. The summed E-state index contributed by atoms with van der Waals surface area (Å²) < 4.78 is 9.60. The third kappa shape index (κ3) is 4.99. The molecule has 0 radical (unpaired) electrons. The Bertz CT molecular complexity index is 1820. The van der Waals surface area contributed by atoms with Gasteiger partial charge in [-0.05, 0) is 61.2 Å². The highest BCUT2D eigenvalue weighted by atomic mass is 16.5. The number of benzene rings is 2. The molecule has 206 valence electrons. The summed E-state index contributed by atoms with van der Waals surface area (Å²) >= 11 is 0. The van der Waals surface area contributed by atoms with Gasteiger partial charge in [-0.2, -0.15) is 10.2 Å². The normalized spacial score (nSPS) is 15.4. The van der Waals surface area contributed by atoms with E-state index in [2.05, 4.69) is 54.6 Å². The standard InChI is InChI=1S/C31H30N8O2/c1-22-17-24(7-8-27(22)41-25-9-13-38-28(18-25)32-20-34-38)36-30-29-26(10-14-39(29)35-21-33-30)31(40)11-15-37(16-12-31)19-23-5-3-2-4-6-23/h2-10,13-14,17-18,20-21,40H,11-12,15-16,19H2,1H3,(H,33,35,36). The average Bonchev–Trinajstić information content (AvgIpc) is 3.64. The lowest BCUT2D eigenvalue weighted by Crippen LogP contribution is -2.42. The van der Waals surface area contributed by atoms with Crippen molar-refractivity contribution in [2.45, 2.75) is 31.9 Å². The monoisotopic (exact) mass is 546 g/mol. The fourth-order valence-electron chi connectivity index (χ4n) is 5.58. The minimum absolute atomic E-state index is 0.638. The molecule has 0 saturated carbocycles. The Morgan fingerprint density at radius 2 is 1.68 bits per heavy atom. The van der Waals surface area contributed by atoms with E-state index < -0.39 is 5.60 Å². The van der Waals surface area contributed by atoms with Crippen LogP contribution in [-0.4, -0.2) is 52.3 Å². The molecule has 2 N–H and O–H groups in total. The van der Waals surface area contributed by atoms with Crippen molar-refractivity contribution in [3.05, 3.63) is 108 Å². The van der Waals surface area contributed by atoms with Crippen LogP contribution in [0.25, 0.3) is 11.2 Å². The number of fused-ring (bicyclic) bond motifs is 2. The fraction of sp³-hybridized carbons (Fsp3) is 0.226. The van der Waals surface area contributed by atoms with Gasteiger partial charge in [0.15, 0.2) is 11.5 Å². The van der Waals surface area contributed by atoms with Gasteiger partial charge in [-0.1, -0.05) is 30.3 Å². The second-order valence-electron chi connectivity index (χ2n) is 10.6. The summed E-state index contributed by atoms with van der Waals surface area (Å²) in [5.41, 5.74) is 4.50. The van der Waals surface area contributed by atoms with E-state index >= 15 is 0 Å². The number of rotatable bonds is 7. The highest BCUT2D eigenvalue weighted by Gasteiger charge is 2.36. The molecule has 0 spiro atoms. The van der Waals surface area contributed by atoms with Crippen molar-refractivity contribution in [2.24, 2.45) is 0 Å². The highest BCUT2D eigenvalue weighted by Crippen LogP contribution is 2.38. The highest BCUT2D eigenvalue weighted by molar-refractivity contribution is 5.78. The Balaban J connectivity index is 1.10. The van der Waals surface area contributed by atoms with Crippen LogP contribution in [0.2, 0.25) is 0 Å². The van der Waals surface area contributed by atoms with Crippen LogP contribution in [0.1, 0.15) is 29.5 Å². The topological polar surface area (TPSA) is 105 Å². The first-order chi connectivity index (χ1) is 20.0. The zero-order valence-electron chi connectivity index (χ0n) is 22.7. The molecule has 10 nitrogen and oxygen atoms in total. The van der Waals surface area contributed by atoms with E-state index in [-0.39, 0.29) is 0 Å². The largest absolute Gasteiger partial charge is 0.457 e. The predicted molar refractivity (Wildman–Crippen MR) is 155 cm³/mol. The second-order valence-corrected chi connectivity index (χ2v) is 10.6. The van der Waals surface area contributed by atoms with Crippen LogP contribution in [0.5, 0.6) is 11.5 Å². The smallest absolute Gasteiger partial charge is 0.158 e. The zero-order valence-corrected chi connectivity index (χ0v) is 22.7. The number of pyridine rings is 1. The van der Waals surface area contributed by atoms with Crippen LogP contribution < -0.4 is 10.1 Å². The maximum Gasteiger partial charge on any atom is 0.158 e. The number of aromatic nitrogens is 6. The Morgan fingerprint density at radius 1 is 0.902 bits per heavy atom. The van der Waals surface area contributed by atoms with Gasteiger partial charge >= 0.3 is 0 Å². The maximum atomic E-state index is 11.8. The molecule has 41 heavy (non-hydrogen) atoms. The van der Waals surface area contributed by atoms with Gasteiger partial charge in [-0.25, -0.2) is 19.0 Å². The van der Waals surface area contributed by atoms with E-state index in [4.69, 9.17) is 4.74 Å². The van der Waals surface area contributed by atoms with E-state index in [0.29, 0.717) is 24.4 Å². The second kappa shape index (κ2) is 10.3. The number of hydrogen-bond acceptors (Lipinski definition) is 8. The minimum atomic E-state index is -0.956. The van der Waals surface area contributed by atoms with Gasteiger partial charge < -0.3 is 15.2 Å². The van der Waals surface area contributed by atoms with Gasteiger partial charge in [0.2, 0.25) is 0 Å². The van der Waals surface area contributed by atoms with Gasteiger partial charge in [0.1, 0.15) is 29.7 Å². The molecule has 1 saturated heterocycles. The van der Waals surface area contributed by atoms with Crippen LogP contribution in [-0.2, 0) is 12.1 Å². The van der Waals surface area contributed by atoms with Crippen LogP contribution in [0.4, 0.5) is 11.5 Å². The Labute approximate surface area is 236 Å². The van der Waals surface area contributed by atoms with Gasteiger partial charge in [0.05, 0.1) is 5.60 Å². The summed E-state index contributed by atoms with van der Waals surface area (Å²) in [7, 11) is 0. The number of likely N-dealkylation sites (tertiary alicyclic amines) is 1. The number of nitrogens with one attached hydrogen (secondary N) is 1. The summed E-state index contributed by atoms with van der Waals surface area (Å²) in [6.45, 7) is 4.51. The molecule has 1 aliphatic rings. The van der Waals surface area contributed by atoms with Gasteiger partial charge in [0, 0.05) is 49.3 Å². The van der Waals surface area contributed by atoms with Crippen molar-refractivity contribution in [2.75, 3.05) is 18.4 Å². The molecular weight excluding hydrogens is 516 g/mol. The summed E-state index contributed by atoms with van der Waals surface area (Å²) in [5, 5.41) is 23.8. The van der Waals surface area contributed by atoms with Crippen molar-refractivity contribution in [1.82, 2.24) is 34.1 Å². The lowest BCUT2D eigenvalue weighted by atomic mass is 9.84. The molecular formula is C31H30N8O2. The quantitative estimate of drug-likeness (QED) is 0.285. The molecule has 0 amide bonds. The van der Waals surface area contributed by atoms with Crippen LogP contribution in [0, 0.1) is 6.92 Å². The predicted octanol–water partition coefficient (Wildman–Crippen LogP) is 5.10. The van der Waals surface area contributed by atoms with E-state index in [1.54, 1.807) is 9.03 Å². The summed E-state index contributed by atoms with van der Waals surface area (Å²) in [4.78, 5) is 11.2. The van der Waals surface area contributed by atoms with E-state index in [0.717, 1.165) is 53.4 Å². The zero-order chi connectivity index (χ0) is 27.8. The average molecular weight is 547 g/mol. The molecule has 4 aromatic heterocycles. The molecule has 1 fully saturated rings. The minimum Gasteiger partial charge on any atom is -0.457 e. The summed E-state index contributed by atoms with van der Waals surface area (Å²) in [5.74, 6) is 2.07. The number of piperidine rings is 1. The summed E-state index contributed by atoms with van der Waals surface area (Å²) in [6, 6.07) is 22.0. The fourth-order valence-corrected chi connectivity index (χ4v) is 5.58.